The molecule has 2 heterocycles. The highest BCUT2D eigenvalue weighted by molar-refractivity contribution is 7.97. The van der Waals surface area contributed by atoms with Crippen LogP contribution in [0.2, 0.25) is 0 Å². The first kappa shape index (κ1) is 23.7. The summed E-state index contributed by atoms with van der Waals surface area (Å²) in [5.41, 5.74) is 0.762. The van der Waals surface area contributed by atoms with Gasteiger partial charge >= 0.3 is 0 Å². The molecule has 3 rings (SSSR count). The summed E-state index contributed by atoms with van der Waals surface area (Å²) >= 11 is 1.11. The Morgan fingerprint density at radius 2 is 2.03 bits per heavy atom. The van der Waals surface area contributed by atoms with Gasteiger partial charge in [0.05, 0.1) is 28.5 Å². The van der Waals surface area contributed by atoms with Gasteiger partial charge in [-0.2, -0.15) is 5.10 Å². The number of carbonyl (C=O) groups is 1. The minimum absolute atomic E-state index is 0.126. The van der Waals surface area contributed by atoms with E-state index in [0.29, 0.717) is 10.9 Å². The number of halogens is 2. The molecule has 0 amide bonds. The Labute approximate surface area is 189 Å². The number of benzene rings is 1. The van der Waals surface area contributed by atoms with Gasteiger partial charge in [0.2, 0.25) is 5.78 Å². The number of nitrogens with two attached hydrogens (primary N) is 1. The Kier molecular flexibility index (Phi) is 7.80. The minimum atomic E-state index is -1.56. The van der Waals surface area contributed by atoms with Gasteiger partial charge in [-0.15, -0.1) is 0 Å². The van der Waals surface area contributed by atoms with Gasteiger partial charge in [-0.3, -0.25) is 15.0 Å². The lowest BCUT2D eigenvalue weighted by molar-refractivity contribution is 0.102. The summed E-state index contributed by atoms with van der Waals surface area (Å²) in [4.78, 5) is 18.2. The molecule has 11 heteroatoms. The van der Waals surface area contributed by atoms with E-state index in [9.17, 15) is 17.8 Å². The van der Waals surface area contributed by atoms with E-state index in [4.69, 9.17) is 5.14 Å². The van der Waals surface area contributed by atoms with E-state index in [1.165, 1.54) is 6.26 Å². The average molecular weight is 476 g/mol. The number of pyridine rings is 1. The topological polar surface area (TPSA) is 114 Å². The van der Waals surface area contributed by atoms with Crippen LogP contribution in [0.4, 0.5) is 8.78 Å². The molecule has 0 aliphatic rings. The molecule has 3 aromatic rings. The van der Waals surface area contributed by atoms with Crippen LogP contribution in [0.15, 0.2) is 77.4 Å². The number of carbonyl (C=O) groups excluding carboxylic acids is 1. The smallest absolute Gasteiger partial charge is 0.217 e. The van der Waals surface area contributed by atoms with E-state index in [1.807, 2.05) is 24.3 Å². The number of nitrogens with one attached hydrogen (secondary N) is 2. The largest absolute Gasteiger partial charge is 0.287 e. The Morgan fingerprint density at radius 3 is 2.66 bits per heavy atom. The van der Waals surface area contributed by atoms with Crippen molar-refractivity contribution in [3.8, 4) is 11.1 Å². The van der Waals surface area contributed by atoms with Crippen molar-refractivity contribution >= 4 is 39.8 Å². The molecule has 1 aromatic carbocycles. The summed E-state index contributed by atoms with van der Waals surface area (Å²) < 4.78 is 42.9. The Morgan fingerprint density at radius 1 is 1.31 bits per heavy atom. The normalized spacial score (nSPS) is 13.7. The summed E-state index contributed by atoms with van der Waals surface area (Å²) in [6.07, 6.45) is 4.83. The van der Waals surface area contributed by atoms with Crippen LogP contribution in [0.1, 0.15) is 10.5 Å². The quantitative estimate of drug-likeness (QED) is 0.187. The van der Waals surface area contributed by atoms with E-state index in [1.54, 1.807) is 12.3 Å². The second-order valence-corrected chi connectivity index (χ2v) is 8.37. The van der Waals surface area contributed by atoms with Gasteiger partial charge in [-0.05, 0) is 41.8 Å². The zero-order valence-corrected chi connectivity index (χ0v) is 18.5. The highest BCUT2D eigenvalue weighted by Gasteiger charge is 2.26. The Hall–Kier alpha value is -2.99. The van der Waals surface area contributed by atoms with Crippen molar-refractivity contribution in [1.29, 1.82) is 0 Å². The molecule has 0 spiro atoms. The highest BCUT2D eigenvalue weighted by atomic mass is 32.2. The lowest BCUT2D eigenvalue weighted by Gasteiger charge is -2.07. The average Bonchev–Trinajstić information content (AvgIpc) is 3.21. The summed E-state index contributed by atoms with van der Waals surface area (Å²) in [6, 6.07) is 9.01. The van der Waals surface area contributed by atoms with Crippen LogP contribution in [-0.4, -0.2) is 38.0 Å². The molecule has 7 nitrogen and oxygen atoms in total. The number of Topliss-reactive ketones (excluding diaryl/α,β-unsaturated/α-hetero) is 1. The number of allylic oxidation sites excluding steroid dienone is 4. The summed E-state index contributed by atoms with van der Waals surface area (Å²) in [5.74, 6) is -3.19. The minimum Gasteiger partial charge on any atom is -0.287 e. The first-order chi connectivity index (χ1) is 15.3. The van der Waals surface area contributed by atoms with Crippen LogP contribution >= 0.6 is 11.9 Å². The van der Waals surface area contributed by atoms with Crippen molar-refractivity contribution in [3.05, 3.63) is 78.2 Å². The Bertz CT molecular complexity index is 1250. The number of rotatable bonds is 9. The van der Waals surface area contributed by atoms with Crippen molar-refractivity contribution in [2.75, 3.05) is 12.8 Å². The first-order valence-corrected chi connectivity index (χ1v) is 11.6. The summed E-state index contributed by atoms with van der Waals surface area (Å²) in [5, 5.41) is 12.3. The van der Waals surface area contributed by atoms with Crippen LogP contribution in [0.3, 0.4) is 0 Å². The molecule has 0 aliphatic carbocycles. The van der Waals surface area contributed by atoms with Crippen LogP contribution < -0.4 is 9.86 Å². The summed E-state index contributed by atoms with van der Waals surface area (Å²) in [6.45, 7) is 2.78. The zero-order chi connectivity index (χ0) is 23.3. The fourth-order valence-corrected chi connectivity index (χ4v) is 3.51. The third-order valence-electron chi connectivity index (χ3n) is 4.39. The number of aromatic amines is 1. The highest BCUT2D eigenvalue weighted by Crippen LogP contribution is 2.28. The zero-order valence-electron chi connectivity index (χ0n) is 16.9. The van der Waals surface area contributed by atoms with Crippen molar-refractivity contribution in [1.82, 2.24) is 19.9 Å². The molecule has 2 aromatic heterocycles. The molecule has 0 aliphatic heterocycles. The number of hydrogen-bond donors (Lipinski definition) is 3. The van der Waals surface area contributed by atoms with Gasteiger partial charge < -0.3 is 0 Å². The van der Waals surface area contributed by atoms with E-state index in [-0.39, 0.29) is 11.3 Å². The fourth-order valence-electron chi connectivity index (χ4n) is 2.88. The van der Waals surface area contributed by atoms with Crippen LogP contribution in [-0.2, 0) is 11.0 Å². The molecule has 0 saturated heterocycles. The van der Waals surface area contributed by atoms with Gasteiger partial charge in [0.1, 0.15) is 17.3 Å². The SMILES string of the molecule is C=C/C=C(F)\C(C(=O)c1[nH]nc2ncc(-c3ccc(SN)cc3)cc12)=C(\F)CNS(C)=O. The van der Waals surface area contributed by atoms with Crippen molar-refractivity contribution in [3.63, 3.8) is 0 Å². The predicted molar refractivity (Wildman–Crippen MR) is 123 cm³/mol. The monoisotopic (exact) mass is 475 g/mol. The number of ketones is 1. The molecular formula is C21H19F2N5O2S2. The second kappa shape index (κ2) is 10.6. The molecular weight excluding hydrogens is 456 g/mol. The summed E-state index contributed by atoms with van der Waals surface area (Å²) in [7, 11) is -1.56. The first-order valence-electron chi connectivity index (χ1n) is 9.15. The fraction of sp³-hybridized carbons (Fsp3) is 0.0952. The third-order valence-corrected chi connectivity index (χ3v) is 5.49. The standard InChI is InChI=1S/C21H19F2N5O2S2/c1-3-4-16(22)18(17(23)11-26-32(2)30)20(29)19-15-9-13(10-25-21(15)28-27-19)12-5-7-14(31-24)8-6-12/h3-10,26H,1,11,24H2,2H3,(H,25,27,28)/b16-4+,18-17-. The van der Waals surface area contributed by atoms with E-state index in [0.717, 1.165) is 34.6 Å². The van der Waals surface area contributed by atoms with Gasteiger partial charge in [0.15, 0.2) is 5.65 Å². The molecule has 166 valence electrons. The van der Waals surface area contributed by atoms with Crippen LogP contribution in [0.5, 0.6) is 0 Å². The molecule has 32 heavy (non-hydrogen) atoms. The van der Waals surface area contributed by atoms with Gasteiger partial charge in [0, 0.05) is 22.9 Å². The van der Waals surface area contributed by atoms with Crippen molar-refractivity contribution in [2.45, 2.75) is 4.90 Å². The second-order valence-electron chi connectivity index (χ2n) is 6.47. The lowest BCUT2D eigenvalue weighted by Crippen LogP contribution is -2.20. The molecule has 4 N–H and O–H groups in total. The Balaban J connectivity index is 2.08. The van der Waals surface area contributed by atoms with Crippen LogP contribution in [0.25, 0.3) is 22.2 Å². The molecule has 0 fully saturated rings. The van der Waals surface area contributed by atoms with Crippen molar-refractivity contribution in [2.24, 2.45) is 5.14 Å². The van der Waals surface area contributed by atoms with E-state index < -0.39 is 40.5 Å². The molecule has 1 unspecified atom stereocenters. The number of fused-ring (bicyclic) bond motifs is 1. The van der Waals surface area contributed by atoms with Gasteiger partial charge in [-0.1, -0.05) is 24.8 Å². The van der Waals surface area contributed by atoms with E-state index in [2.05, 4.69) is 26.5 Å². The number of nitrogens with zero attached hydrogens (tertiary/aromatic N) is 2. The molecule has 0 bridgehead atoms. The maximum absolute atomic E-state index is 14.7. The lowest BCUT2D eigenvalue weighted by atomic mass is 10.0. The molecule has 0 radical (unpaired) electrons. The van der Waals surface area contributed by atoms with E-state index >= 15 is 0 Å². The maximum Gasteiger partial charge on any atom is 0.217 e. The molecule has 1 atom stereocenters. The third kappa shape index (κ3) is 5.25. The van der Waals surface area contributed by atoms with Gasteiger partial charge in [-0.25, -0.2) is 22.7 Å². The maximum atomic E-state index is 14.7. The number of aromatic nitrogens is 3. The van der Waals surface area contributed by atoms with Crippen LogP contribution in [0, 0.1) is 0 Å². The molecule has 0 saturated carbocycles. The number of hydrogen-bond acceptors (Lipinski definition) is 6. The van der Waals surface area contributed by atoms with Gasteiger partial charge in [0.25, 0.3) is 0 Å². The number of H-pyrrole nitrogens is 1. The predicted octanol–water partition coefficient (Wildman–Crippen LogP) is 3.92. The van der Waals surface area contributed by atoms with Crippen molar-refractivity contribution < 1.29 is 17.8 Å².